The predicted octanol–water partition coefficient (Wildman–Crippen LogP) is 3.89. The summed E-state index contributed by atoms with van der Waals surface area (Å²) in [5, 5.41) is 6.90. The minimum atomic E-state index is -0.175. The normalized spacial score (nSPS) is 10.5. The van der Waals surface area contributed by atoms with Gasteiger partial charge in [0, 0.05) is 12.1 Å². The van der Waals surface area contributed by atoms with E-state index in [2.05, 4.69) is 10.5 Å². The number of aromatic nitrogens is 1. The molecule has 23 heavy (non-hydrogen) atoms. The summed E-state index contributed by atoms with van der Waals surface area (Å²) >= 11 is 0. The van der Waals surface area contributed by atoms with Crippen LogP contribution in [0.5, 0.6) is 0 Å². The van der Waals surface area contributed by atoms with Gasteiger partial charge in [0.05, 0.1) is 5.69 Å². The smallest absolute Gasteiger partial charge is 0.257 e. The van der Waals surface area contributed by atoms with Crippen molar-refractivity contribution in [3.8, 4) is 11.3 Å². The molecule has 4 nitrogen and oxygen atoms in total. The lowest BCUT2D eigenvalue weighted by molar-refractivity contribution is 0.0950. The minimum absolute atomic E-state index is 0.175. The highest BCUT2D eigenvalue weighted by atomic mass is 16.5. The van der Waals surface area contributed by atoms with Crippen LogP contribution in [0.15, 0.2) is 59.1 Å². The lowest BCUT2D eigenvalue weighted by atomic mass is 10.1. The van der Waals surface area contributed by atoms with Crippen molar-refractivity contribution in [1.82, 2.24) is 10.5 Å². The number of hydrogen-bond donors (Lipinski definition) is 1. The van der Waals surface area contributed by atoms with Crippen LogP contribution in [-0.4, -0.2) is 11.1 Å². The van der Waals surface area contributed by atoms with Crippen LogP contribution in [0.3, 0.4) is 0 Å². The van der Waals surface area contributed by atoms with Crippen molar-refractivity contribution in [3.05, 3.63) is 77.0 Å². The molecule has 0 saturated carbocycles. The van der Waals surface area contributed by atoms with Crippen molar-refractivity contribution in [2.24, 2.45) is 0 Å². The van der Waals surface area contributed by atoms with Gasteiger partial charge in [-0.15, -0.1) is 0 Å². The summed E-state index contributed by atoms with van der Waals surface area (Å²) in [7, 11) is 0. The summed E-state index contributed by atoms with van der Waals surface area (Å²) in [5.74, 6) is 0.330. The molecule has 4 heteroatoms. The topological polar surface area (TPSA) is 55.1 Å². The molecule has 3 rings (SSSR count). The average molecular weight is 306 g/mol. The summed E-state index contributed by atoms with van der Waals surface area (Å²) in [6, 6.07) is 17.5. The van der Waals surface area contributed by atoms with Crippen LogP contribution in [0, 0.1) is 13.8 Å². The molecule has 0 aliphatic heterocycles. The lowest BCUT2D eigenvalue weighted by Gasteiger charge is -2.08. The van der Waals surface area contributed by atoms with Crippen molar-refractivity contribution < 1.29 is 9.32 Å². The Morgan fingerprint density at radius 2 is 1.74 bits per heavy atom. The van der Waals surface area contributed by atoms with Gasteiger partial charge in [-0.05, 0) is 25.0 Å². The van der Waals surface area contributed by atoms with E-state index in [1.54, 1.807) is 6.92 Å². The molecule has 0 radical (unpaired) electrons. The number of aryl methyl sites for hydroxylation is 2. The quantitative estimate of drug-likeness (QED) is 0.795. The zero-order valence-electron chi connectivity index (χ0n) is 13.2. The molecule has 1 aromatic heterocycles. The van der Waals surface area contributed by atoms with E-state index in [1.807, 2.05) is 61.5 Å². The highest BCUT2D eigenvalue weighted by Gasteiger charge is 2.21. The molecule has 0 saturated heterocycles. The molecule has 0 atom stereocenters. The van der Waals surface area contributed by atoms with Crippen molar-refractivity contribution in [3.63, 3.8) is 0 Å². The van der Waals surface area contributed by atoms with E-state index in [4.69, 9.17) is 4.52 Å². The highest BCUT2D eigenvalue weighted by Crippen LogP contribution is 2.26. The molecule has 0 aliphatic carbocycles. The fraction of sp³-hybridized carbons (Fsp3) is 0.158. The van der Waals surface area contributed by atoms with E-state index in [0.717, 1.165) is 16.7 Å². The van der Waals surface area contributed by atoms with Gasteiger partial charge in [0.25, 0.3) is 5.91 Å². The third-order valence-electron chi connectivity index (χ3n) is 3.83. The Kier molecular flexibility index (Phi) is 4.24. The number of benzene rings is 2. The van der Waals surface area contributed by atoms with E-state index < -0.39 is 0 Å². The average Bonchev–Trinajstić information content (AvgIpc) is 2.96. The number of carbonyl (C=O) groups is 1. The predicted molar refractivity (Wildman–Crippen MR) is 89.0 cm³/mol. The first kappa shape index (κ1) is 15.0. The van der Waals surface area contributed by atoms with E-state index in [0.29, 0.717) is 23.6 Å². The maximum Gasteiger partial charge on any atom is 0.257 e. The van der Waals surface area contributed by atoms with Crippen LogP contribution in [0.25, 0.3) is 11.3 Å². The first-order valence-electron chi connectivity index (χ1n) is 7.51. The van der Waals surface area contributed by atoms with Crippen molar-refractivity contribution in [1.29, 1.82) is 0 Å². The highest BCUT2D eigenvalue weighted by molar-refractivity contribution is 6.00. The van der Waals surface area contributed by atoms with Gasteiger partial charge in [0.1, 0.15) is 5.56 Å². The second-order valence-electron chi connectivity index (χ2n) is 5.45. The van der Waals surface area contributed by atoms with Crippen LogP contribution in [0.1, 0.15) is 27.2 Å². The zero-order valence-corrected chi connectivity index (χ0v) is 13.2. The first-order chi connectivity index (χ1) is 11.2. The monoisotopic (exact) mass is 306 g/mol. The van der Waals surface area contributed by atoms with Gasteiger partial charge in [0.2, 0.25) is 0 Å². The summed E-state index contributed by atoms with van der Waals surface area (Å²) in [6.45, 7) is 4.28. The second-order valence-corrected chi connectivity index (χ2v) is 5.45. The molecule has 0 spiro atoms. The number of amides is 1. The van der Waals surface area contributed by atoms with Gasteiger partial charge in [0.15, 0.2) is 5.76 Å². The third-order valence-corrected chi connectivity index (χ3v) is 3.83. The largest absolute Gasteiger partial charge is 0.355 e. The Labute approximate surface area is 135 Å². The molecule has 1 amide bonds. The van der Waals surface area contributed by atoms with E-state index >= 15 is 0 Å². The maximum atomic E-state index is 12.6. The fourth-order valence-corrected chi connectivity index (χ4v) is 2.50. The first-order valence-corrected chi connectivity index (χ1v) is 7.51. The lowest BCUT2D eigenvalue weighted by Crippen LogP contribution is -2.24. The molecular formula is C19H18N2O2. The van der Waals surface area contributed by atoms with Crippen molar-refractivity contribution >= 4 is 5.91 Å². The molecule has 1 N–H and O–H groups in total. The molecule has 0 bridgehead atoms. The van der Waals surface area contributed by atoms with Crippen molar-refractivity contribution in [2.45, 2.75) is 20.4 Å². The fourth-order valence-electron chi connectivity index (χ4n) is 2.50. The number of nitrogens with zero attached hydrogens (tertiary/aromatic N) is 1. The number of hydrogen-bond acceptors (Lipinski definition) is 3. The van der Waals surface area contributed by atoms with Gasteiger partial charge in [-0.3, -0.25) is 4.79 Å². The second kappa shape index (κ2) is 6.48. The Hall–Kier alpha value is -2.88. The summed E-state index contributed by atoms with van der Waals surface area (Å²) in [5.41, 5.74) is 4.17. The Morgan fingerprint density at radius 1 is 1.04 bits per heavy atom. The summed E-state index contributed by atoms with van der Waals surface area (Å²) in [4.78, 5) is 12.6. The van der Waals surface area contributed by atoms with E-state index in [-0.39, 0.29) is 5.91 Å². The molecule has 0 aliphatic rings. The van der Waals surface area contributed by atoms with E-state index in [9.17, 15) is 4.79 Å². The van der Waals surface area contributed by atoms with Gasteiger partial charge in [-0.1, -0.05) is 59.8 Å². The molecule has 0 fully saturated rings. The Morgan fingerprint density at radius 3 is 2.48 bits per heavy atom. The molecule has 3 aromatic rings. The van der Waals surface area contributed by atoms with Crippen LogP contribution in [0.4, 0.5) is 0 Å². The maximum absolute atomic E-state index is 12.6. The van der Waals surface area contributed by atoms with Gasteiger partial charge in [-0.2, -0.15) is 0 Å². The van der Waals surface area contributed by atoms with Crippen LogP contribution >= 0.6 is 0 Å². The Bertz CT molecular complexity index is 822. The molecule has 1 heterocycles. The number of carbonyl (C=O) groups excluding carboxylic acids is 1. The van der Waals surface area contributed by atoms with Gasteiger partial charge < -0.3 is 9.84 Å². The van der Waals surface area contributed by atoms with Crippen LogP contribution in [-0.2, 0) is 6.54 Å². The third kappa shape index (κ3) is 3.16. The molecule has 2 aromatic carbocycles. The van der Waals surface area contributed by atoms with Gasteiger partial charge in [-0.25, -0.2) is 0 Å². The minimum Gasteiger partial charge on any atom is -0.355 e. The zero-order chi connectivity index (χ0) is 16.2. The van der Waals surface area contributed by atoms with Gasteiger partial charge >= 0.3 is 0 Å². The molecule has 116 valence electrons. The Balaban J connectivity index is 1.83. The SMILES string of the molecule is Cc1ccccc1CNC(=O)c1c(C)noc1-c1ccccc1. The molecule has 0 unspecified atom stereocenters. The van der Waals surface area contributed by atoms with Crippen LogP contribution < -0.4 is 5.32 Å². The van der Waals surface area contributed by atoms with Crippen molar-refractivity contribution in [2.75, 3.05) is 0 Å². The number of rotatable bonds is 4. The summed E-state index contributed by atoms with van der Waals surface area (Å²) in [6.07, 6.45) is 0. The summed E-state index contributed by atoms with van der Waals surface area (Å²) < 4.78 is 5.37. The molecular weight excluding hydrogens is 288 g/mol. The standard InChI is InChI=1S/C19H18N2O2/c1-13-8-6-7-11-16(13)12-20-19(22)17-14(2)21-23-18(17)15-9-4-3-5-10-15/h3-11H,12H2,1-2H3,(H,20,22). The number of nitrogens with one attached hydrogen (secondary N) is 1. The van der Waals surface area contributed by atoms with Crippen LogP contribution in [0.2, 0.25) is 0 Å². The van der Waals surface area contributed by atoms with E-state index in [1.165, 1.54) is 0 Å².